The van der Waals surface area contributed by atoms with Crippen LogP contribution in [0.5, 0.6) is 0 Å². The lowest BCUT2D eigenvalue weighted by Crippen LogP contribution is -2.44. The Balaban J connectivity index is 2.49. The van der Waals surface area contributed by atoms with Crippen LogP contribution in [0.2, 0.25) is 0 Å². The van der Waals surface area contributed by atoms with E-state index in [2.05, 4.69) is 19.2 Å². The third-order valence-corrected chi connectivity index (χ3v) is 3.16. The summed E-state index contributed by atoms with van der Waals surface area (Å²) in [6.07, 6.45) is 4.83. The van der Waals surface area contributed by atoms with Gasteiger partial charge in [0.15, 0.2) is 0 Å². The highest BCUT2D eigenvalue weighted by molar-refractivity contribution is 5.76. The molecule has 0 aromatic carbocycles. The molecule has 1 unspecified atom stereocenters. The lowest BCUT2D eigenvalue weighted by atomic mass is 9.97. The molecule has 1 N–H and O–H groups in total. The van der Waals surface area contributed by atoms with Crippen molar-refractivity contribution in [1.29, 1.82) is 0 Å². The molecular weight excluding hydrogens is 202 g/mol. The highest BCUT2D eigenvalue weighted by Gasteiger charge is 2.31. The minimum absolute atomic E-state index is 0.0601. The Kier molecular flexibility index (Phi) is 5.81. The van der Waals surface area contributed by atoms with Gasteiger partial charge in [-0.1, -0.05) is 26.7 Å². The average molecular weight is 227 g/mol. The van der Waals surface area contributed by atoms with Gasteiger partial charge in [-0.05, 0) is 38.1 Å². The first kappa shape index (κ1) is 13.5. The fourth-order valence-electron chi connectivity index (χ4n) is 2.33. The van der Waals surface area contributed by atoms with Crippen molar-refractivity contribution < 1.29 is 9.53 Å². The fourth-order valence-corrected chi connectivity index (χ4v) is 2.33. The number of hydrogen-bond acceptors (Lipinski definition) is 3. The molecule has 0 aromatic rings. The molecule has 1 fully saturated rings. The van der Waals surface area contributed by atoms with Gasteiger partial charge < -0.3 is 10.1 Å². The summed E-state index contributed by atoms with van der Waals surface area (Å²) in [6.45, 7) is 7.55. The van der Waals surface area contributed by atoms with Crippen LogP contribution < -0.4 is 5.32 Å². The zero-order chi connectivity index (χ0) is 12.0. The second-order valence-electron chi connectivity index (χ2n) is 5.08. The number of ether oxygens (including phenoxy) is 1. The number of esters is 1. The van der Waals surface area contributed by atoms with Gasteiger partial charge in [-0.25, -0.2) is 0 Å². The number of rotatable bonds is 6. The Morgan fingerprint density at radius 2 is 2.00 bits per heavy atom. The van der Waals surface area contributed by atoms with Gasteiger partial charge in [-0.2, -0.15) is 0 Å². The molecule has 1 atom stereocenters. The Labute approximate surface area is 98.9 Å². The summed E-state index contributed by atoms with van der Waals surface area (Å²) < 4.78 is 5.15. The molecule has 16 heavy (non-hydrogen) atoms. The van der Waals surface area contributed by atoms with Crippen LogP contribution in [-0.4, -0.2) is 25.2 Å². The lowest BCUT2D eigenvalue weighted by Gasteiger charge is -2.23. The van der Waals surface area contributed by atoms with Crippen LogP contribution in [0.3, 0.4) is 0 Å². The van der Waals surface area contributed by atoms with E-state index in [1.807, 2.05) is 6.92 Å². The standard InChI is InChI=1S/C13H25NO2/c1-4-16-13(15)12(14-9-10(2)3)11-7-5-6-8-11/h10-12,14H,4-9H2,1-3H3. The summed E-state index contributed by atoms with van der Waals surface area (Å²) in [6, 6.07) is -0.0788. The van der Waals surface area contributed by atoms with Crippen LogP contribution in [0.4, 0.5) is 0 Å². The first-order chi connectivity index (χ1) is 7.65. The highest BCUT2D eigenvalue weighted by atomic mass is 16.5. The van der Waals surface area contributed by atoms with Crippen LogP contribution in [0.25, 0.3) is 0 Å². The summed E-state index contributed by atoms with van der Waals surface area (Å²) in [4.78, 5) is 11.9. The van der Waals surface area contributed by atoms with Crippen molar-refractivity contribution in [1.82, 2.24) is 5.32 Å². The van der Waals surface area contributed by atoms with Crippen molar-refractivity contribution in [3.05, 3.63) is 0 Å². The van der Waals surface area contributed by atoms with Gasteiger partial charge in [-0.3, -0.25) is 4.79 Å². The van der Waals surface area contributed by atoms with E-state index in [-0.39, 0.29) is 12.0 Å². The van der Waals surface area contributed by atoms with Crippen molar-refractivity contribution in [2.45, 2.75) is 52.5 Å². The van der Waals surface area contributed by atoms with Crippen molar-refractivity contribution in [2.75, 3.05) is 13.2 Å². The molecule has 0 radical (unpaired) electrons. The van der Waals surface area contributed by atoms with E-state index in [4.69, 9.17) is 4.74 Å². The molecule has 1 aliphatic rings. The maximum atomic E-state index is 11.9. The molecule has 0 aromatic heterocycles. The Morgan fingerprint density at radius 3 is 2.50 bits per heavy atom. The van der Waals surface area contributed by atoms with E-state index >= 15 is 0 Å². The first-order valence-electron chi connectivity index (χ1n) is 6.55. The maximum Gasteiger partial charge on any atom is 0.323 e. The predicted molar refractivity (Wildman–Crippen MR) is 65.2 cm³/mol. The molecular formula is C13H25NO2. The summed E-state index contributed by atoms with van der Waals surface area (Å²) in [5.41, 5.74) is 0. The molecule has 0 aliphatic heterocycles. The molecule has 0 spiro atoms. The predicted octanol–water partition coefficient (Wildman–Crippen LogP) is 2.35. The Hall–Kier alpha value is -0.570. The summed E-state index contributed by atoms with van der Waals surface area (Å²) in [5, 5.41) is 3.37. The minimum Gasteiger partial charge on any atom is -0.465 e. The molecule has 94 valence electrons. The Bertz CT molecular complexity index is 210. The van der Waals surface area contributed by atoms with Crippen LogP contribution in [0.1, 0.15) is 46.5 Å². The van der Waals surface area contributed by atoms with Crippen molar-refractivity contribution in [2.24, 2.45) is 11.8 Å². The zero-order valence-corrected chi connectivity index (χ0v) is 10.8. The van der Waals surface area contributed by atoms with Crippen molar-refractivity contribution in [3.8, 4) is 0 Å². The average Bonchev–Trinajstić information content (AvgIpc) is 2.71. The molecule has 0 bridgehead atoms. The van der Waals surface area contributed by atoms with Gasteiger partial charge in [0, 0.05) is 0 Å². The van der Waals surface area contributed by atoms with E-state index in [0.29, 0.717) is 18.4 Å². The second kappa shape index (κ2) is 6.89. The van der Waals surface area contributed by atoms with Gasteiger partial charge >= 0.3 is 5.97 Å². The second-order valence-corrected chi connectivity index (χ2v) is 5.08. The molecule has 3 nitrogen and oxygen atoms in total. The van der Waals surface area contributed by atoms with Gasteiger partial charge in [0.1, 0.15) is 6.04 Å². The fraction of sp³-hybridized carbons (Fsp3) is 0.923. The molecule has 3 heteroatoms. The molecule has 0 amide bonds. The normalized spacial score (nSPS) is 19.0. The van der Waals surface area contributed by atoms with Gasteiger partial charge in [-0.15, -0.1) is 0 Å². The highest BCUT2D eigenvalue weighted by Crippen LogP contribution is 2.28. The van der Waals surface area contributed by atoms with Crippen LogP contribution >= 0.6 is 0 Å². The van der Waals surface area contributed by atoms with E-state index in [9.17, 15) is 4.79 Å². The largest absolute Gasteiger partial charge is 0.465 e. The molecule has 1 rings (SSSR count). The van der Waals surface area contributed by atoms with Crippen molar-refractivity contribution >= 4 is 5.97 Å². The summed E-state index contributed by atoms with van der Waals surface area (Å²) in [5.74, 6) is 0.992. The van der Waals surface area contributed by atoms with Gasteiger partial charge in [0.2, 0.25) is 0 Å². The third-order valence-electron chi connectivity index (χ3n) is 3.16. The number of carbonyl (C=O) groups is 1. The van der Waals surface area contributed by atoms with E-state index in [0.717, 1.165) is 19.4 Å². The Morgan fingerprint density at radius 1 is 1.38 bits per heavy atom. The maximum absolute atomic E-state index is 11.9. The topological polar surface area (TPSA) is 38.3 Å². The number of nitrogens with one attached hydrogen (secondary N) is 1. The van der Waals surface area contributed by atoms with E-state index in [1.54, 1.807) is 0 Å². The number of carbonyl (C=O) groups excluding carboxylic acids is 1. The smallest absolute Gasteiger partial charge is 0.323 e. The number of hydrogen-bond donors (Lipinski definition) is 1. The van der Waals surface area contributed by atoms with Crippen LogP contribution in [-0.2, 0) is 9.53 Å². The summed E-state index contributed by atoms with van der Waals surface area (Å²) in [7, 11) is 0. The monoisotopic (exact) mass is 227 g/mol. The quantitative estimate of drug-likeness (QED) is 0.708. The molecule has 1 aliphatic carbocycles. The van der Waals surface area contributed by atoms with Crippen molar-refractivity contribution in [3.63, 3.8) is 0 Å². The third kappa shape index (κ3) is 4.12. The van der Waals surface area contributed by atoms with Gasteiger partial charge in [0.25, 0.3) is 0 Å². The van der Waals surface area contributed by atoms with Crippen LogP contribution in [0, 0.1) is 11.8 Å². The van der Waals surface area contributed by atoms with Crippen LogP contribution in [0.15, 0.2) is 0 Å². The zero-order valence-electron chi connectivity index (χ0n) is 10.8. The first-order valence-corrected chi connectivity index (χ1v) is 6.55. The van der Waals surface area contributed by atoms with E-state index in [1.165, 1.54) is 12.8 Å². The molecule has 0 heterocycles. The molecule has 1 saturated carbocycles. The van der Waals surface area contributed by atoms with E-state index < -0.39 is 0 Å². The summed E-state index contributed by atoms with van der Waals surface area (Å²) >= 11 is 0. The minimum atomic E-state index is -0.0788. The lowest BCUT2D eigenvalue weighted by molar-refractivity contribution is -0.147. The SMILES string of the molecule is CCOC(=O)C(NCC(C)C)C1CCCC1. The molecule has 0 saturated heterocycles. The van der Waals surface area contributed by atoms with Gasteiger partial charge in [0.05, 0.1) is 6.61 Å².